The Labute approximate surface area is 109 Å². The second-order valence-corrected chi connectivity index (χ2v) is 6.42. The van der Waals surface area contributed by atoms with Gasteiger partial charge in [0.15, 0.2) is 0 Å². The minimum absolute atomic E-state index is 0.0368. The lowest BCUT2D eigenvalue weighted by Crippen LogP contribution is -2.67. The van der Waals surface area contributed by atoms with Crippen LogP contribution in [0.5, 0.6) is 0 Å². The summed E-state index contributed by atoms with van der Waals surface area (Å²) in [5.41, 5.74) is -0.758. The van der Waals surface area contributed by atoms with Crippen LogP contribution in [-0.4, -0.2) is 34.8 Å². The monoisotopic (exact) mass is 252 g/mol. The lowest BCUT2D eigenvalue weighted by atomic mass is 9.92. The standard InChI is InChI=1S/C14H24N2O2/c1-9-6-5-7-11(9)8-16-10(2)12(17)15-14(3,4)13(16)18/h9-11H,5-8H2,1-4H3,(H,15,17). The Hall–Kier alpha value is -1.06. The number of hydrogen-bond donors (Lipinski definition) is 1. The Kier molecular flexibility index (Phi) is 3.39. The number of amides is 2. The largest absolute Gasteiger partial charge is 0.340 e. The Morgan fingerprint density at radius 3 is 2.50 bits per heavy atom. The van der Waals surface area contributed by atoms with E-state index in [1.54, 1.807) is 18.7 Å². The van der Waals surface area contributed by atoms with Crippen LogP contribution in [0.25, 0.3) is 0 Å². The van der Waals surface area contributed by atoms with Gasteiger partial charge >= 0.3 is 0 Å². The summed E-state index contributed by atoms with van der Waals surface area (Å²) < 4.78 is 0. The highest BCUT2D eigenvalue weighted by atomic mass is 16.2. The third-order valence-electron chi connectivity index (χ3n) is 4.55. The Balaban J connectivity index is 2.13. The van der Waals surface area contributed by atoms with Crippen molar-refractivity contribution in [2.45, 2.75) is 58.5 Å². The van der Waals surface area contributed by atoms with Gasteiger partial charge in [0.2, 0.25) is 11.8 Å². The molecule has 18 heavy (non-hydrogen) atoms. The number of carbonyl (C=O) groups is 2. The van der Waals surface area contributed by atoms with E-state index in [9.17, 15) is 9.59 Å². The molecule has 3 unspecified atom stereocenters. The molecule has 0 radical (unpaired) electrons. The predicted molar refractivity (Wildman–Crippen MR) is 69.9 cm³/mol. The first-order valence-electron chi connectivity index (χ1n) is 6.96. The van der Waals surface area contributed by atoms with Gasteiger partial charge in [-0.3, -0.25) is 9.59 Å². The molecule has 0 aromatic heterocycles. The van der Waals surface area contributed by atoms with Crippen molar-refractivity contribution in [3.8, 4) is 0 Å². The predicted octanol–water partition coefficient (Wildman–Crippen LogP) is 1.55. The van der Waals surface area contributed by atoms with Crippen molar-refractivity contribution in [3.63, 3.8) is 0 Å². The molecule has 4 nitrogen and oxygen atoms in total. The van der Waals surface area contributed by atoms with E-state index in [1.807, 2.05) is 6.92 Å². The SMILES string of the molecule is CC1CCCC1CN1C(=O)C(C)(C)NC(=O)C1C. The highest BCUT2D eigenvalue weighted by molar-refractivity contribution is 5.99. The summed E-state index contributed by atoms with van der Waals surface area (Å²) in [6.45, 7) is 8.37. The van der Waals surface area contributed by atoms with E-state index in [0.717, 1.165) is 6.54 Å². The van der Waals surface area contributed by atoms with Gasteiger partial charge in [-0.2, -0.15) is 0 Å². The molecule has 0 aromatic rings. The van der Waals surface area contributed by atoms with Gasteiger partial charge in [0.25, 0.3) is 0 Å². The van der Waals surface area contributed by atoms with Crippen molar-refractivity contribution in [2.75, 3.05) is 6.54 Å². The molecule has 1 saturated carbocycles. The molecule has 2 aliphatic rings. The minimum atomic E-state index is -0.758. The number of nitrogens with zero attached hydrogens (tertiary/aromatic N) is 1. The van der Waals surface area contributed by atoms with Crippen molar-refractivity contribution in [2.24, 2.45) is 11.8 Å². The van der Waals surface area contributed by atoms with Crippen molar-refractivity contribution in [1.29, 1.82) is 0 Å². The summed E-state index contributed by atoms with van der Waals surface area (Å²) >= 11 is 0. The second kappa shape index (κ2) is 4.56. The van der Waals surface area contributed by atoms with Crippen LogP contribution in [-0.2, 0) is 9.59 Å². The van der Waals surface area contributed by atoms with Crippen LogP contribution in [0.3, 0.4) is 0 Å². The number of carbonyl (C=O) groups excluding carboxylic acids is 2. The van der Waals surface area contributed by atoms with Crippen LogP contribution in [0, 0.1) is 11.8 Å². The van der Waals surface area contributed by atoms with Crippen molar-refractivity contribution >= 4 is 11.8 Å². The van der Waals surface area contributed by atoms with Gasteiger partial charge in [-0.05, 0) is 39.0 Å². The number of rotatable bonds is 2. The van der Waals surface area contributed by atoms with Crippen LogP contribution >= 0.6 is 0 Å². The lowest BCUT2D eigenvalue weighted by Gasteiger charge is -2.43. The van der Waals surface area contributed by atoms with E-state index >= 15 is 0 Å². The van der Waals surface area contributed by atoms with Gasteiger partial charge in [-0.15, -0.1) is 0 Å². The molecule has 3 atom stereocenters. The van der Waals surface area contributed by atoms with E-state index in [2.05, 4.69) is 12.2 Å². The van der Waals surface area contributed by atoms with Crippen LogP contribution in [0.15, 0.2) is 0 Å². The zero-order valence-electron chi connectivity index (χ0n) is 11.8. The number of hydrogen-bond acceptors (Lipinski definition) is 2. The second-order valence-electron chi connectivity index (χ2n) is 6.42. The molecule has 1 saturated heterocycles. The first kappa shape index (κ1) is 13.4. The van der Waals surface area contributed by atoms with Gasteiger partial charge in [0, 0.05) is 6.54 Å². The molecule has 0 spiro atoms. The fourth-order valence-electron chi connectivity index (χ4n) is 3.13. The van der Waals surface area contributed by atoms with Crippen molar-refractivity contribution in [3.05, 3.63) is 0 Å². The maximum Gasteiger partial charge on any atom is 0.248 e. The van der Waals surface area contributed by atoms with Crippen LogP contribution in [0.1, 0.15) is 47.0 Å². The third-order valence-corrected chi connectivity index (χ3v) is 4.55. The summed E-state index contributed by atoms with van der Waals surface area (Å²) in [6, 6.07) is -0.335. The first-order chi connectivity index (χ1) is 8.33. The Morgan fingerprint density at radius 1 is 1.28 bits per heavy atom. The number of nitrogens with one attached hydrogen (secondary N) is 1. The fourth-order valence-corrected chi connectivity index (χ4v) is 3.13. The first-order valence-corrected chi connectivity index (χ1v) is 6.96. The zero-order chi connectivity index (χ0) is 13.5. The third kappa shape index (κ3) is 2.25. The van der Waals surface area contributed by atoms with E-state index in [4.69, 9.17) is 0 Å². The summed E-state index contributed by atoms with van der Waals surface area (Å²) in [5, 5.41) is 2.79. The van der Waals surface area contributed by atoms with Gasteiger partial charge in [-0.25, -0.2) is 0 Å². The maximum atomic E-state index is 12.4. The lowest BCUT2D eigenvalue weighted by molar-refractivity contribution is -0.153. The molecule has 2 amide bonds. The maximum absolute atomic E-state index is 12.4. The molecule has 1 aliphatic heterocycles. The average molecular weight is 252 g/mol. The van der Waals surface area contributed by atoms with Gasteiger partial charge < -0.3 is 10.2 Å². The zero-order valence-corrected chi connectivity index (χ0v) is 11.8. The highest BCUT2D eigenvalue weighted by Crippen LogP contribution is 2.33. The molecule has 102 valence electrons. The summed E-state index contributed by atoms with van der Waals surface area (Å²) in [4.78, 5) is 26.1. The fraction of sp³-hybridized carbons (Fsp3) is 0.857. The summed E-state index contributed by atoms with van der Waals surface area (Å²) in [7, 11) is 0. The van der Waals surface area contributed by atoms with Crippen molar-refractivity contribution < 1.29 is 9.59 Å². The molecule has 1 N–H and O–H groups in total. The van der Waals surface area contributed by atoms with E-state index in [0.29, 0.717) is 11.8 Å². The minimum Gasteiger partial charge on any atom is -0.340 e. The van der Waals surface area contributed by atoms with E-state index < -0.39 is 5.54 Å². The van der Waals surface area contributed by atoms with E-state index in [-0.39, 0.29) is 17.9 Å². The van der Waals surface area contributed by atoms with Gasteiger partial charge in [0.1, 0.15) is 11.6 Å². The molecule has 2 fully saturated rings. The van der Waals surface area contributed by atoms with Crippen LogP contribution < -0.4 is 5.32 Å². The molecule has 0 bridgehead atoms. The van der Waals surface area contributed by atoms with Crippen LogP contribution in [0.4, 0.5) is 0 Å². The quantitative estimate of drug-likeness (QED) is 0.810. The Morgan fingerprint density at radius 2 is 1.94 bits per heavy atom. The average Bonchev–Trinajstić information content (AvgIpc) is 2.67. The molecule has 4 heteroatoms. The highest BCUT2D eigenvalue weighted by Gasteiger charge is 2.44. The summed E-state index contributed by atoms with van der Waals surface area (Å²) in [6.07, 6.45) is 3.67. The molecular weight excluding hydrogens is 228 g/mol. The Bertz CT molecular complexity index is 365. The number of piperazine rings is 1. The van der Waals surface area contributed by atoms with Gasteiger partial charge in [0.05, 0.1) is 0 Å². The molecule has 2 rings (SSSR count). The molecule has 1 heterocycles. The van der Waals surface area contributed by atoms with Crippen LogP contribution in [0.2, 0.25) is 0 Å². The molecule has 0 aromatic carbocycles. The smallest absolute Gasteiger partial charge is 0.248 e. The van der Waals surface area contributed by atoms with Crippen molar-refractivity contribution in [1.82, 2.24) is 10.2 Å². The normalized spacial score (nSPS) is 35.8. The topological polar surface area (TPSA) is 49.4 Å². The molecular formula is C14H24N2O2. The van der Waals surface area contributed by atoms with E-state index in [1.165, 1.54) is 19.3 Å². The summed E-state index contributed by atoms with van der Waals surface area (Å²) in [5.74, 6) is 1.23. The molecule has 1 aliphatic carbocycles. The van der Waals surface area contributed by atoms with Gasteiger partial charge in [-0.1, -0.05) is 19.8 Å².